The lowest BCUT2D eigenvalue weighted by Crippen LogP contribution is -2.51. The first kappa shape index (κ1) is 15.8. The van der Waals surface area contributed by atoms with Crippen molar-refractivity contribution in [3.05, 3.63) is 29.8 Å². The molecule has 1 heterocycles. The molecule has 0 spiro atoms. The highest BCUT2D eigenvalue weighted by Crippen LogP contribution is 2.28. The lowest BCUT2D eigenvalue weighted by atomic mass is 9.87. The predicted octanol–water partition coefficient (Wildman–Crippen LogP) is 2.15. The van der Waals surface area contributed by atoms with Crippen LogP contribution in [0.4, 0.5) is 0 Å². The standard InChI is InChI=1S/C16H23NO4/c1-3-16(15(18)19,17-11-14-5-4-10-21-14)12-6-8-13(20-2)9-7-12/h6-9,14,17H,3-5,10-11H2,1-2H3,(H,18,19). The van der Waals surface area contributed by atoms with E-state index in [4.69, 9.17) is 9.47 Å². The van der Waals surface area contributed by atoms with Crippen LogP contribution in [0.1, 0.15) is 31.7 Å². The fourth-order valence-electron chi connectivity index (χ4n) is 2.75. The average Bonchev–Trinajstić information content (AvgIpc) is 3.02. The Morgan fingerprint density at radius 3 is 2.67 bits per heavy atom. The molecule has 0 radical (unpaired) electrons. The van der Waals surface area contributed by atoms with Crippen molar-refractivity contribution in [1.29, 1.82) is 0 Å². The molecule has 1 saturated heterocycles. The van der Waals surface area contributed by atoms with Gasteiger partial charge in [-0.1, -0.05) is 19.1 Å². The summed E-state index contributed by atoms with van der Waals surface area (Å²) >= 11 is 0. The predicted molar refractivity (Wildman–Crippen MR) is 79.6 cm³/mol. The van der Waals surface area contributed by atoms with E-state index < -0.39 is 11.5 Å². The van der Waals surface area contributed by atoms with Gasteiger partial charge in [-0.2, -0.15) is 0 Å². The minimum atomic E-state index is -1.09. The Balaban J connectivity index is 2.19. The second-order valence-electron chi connectivity index (χ2n) is 5.31. The number of benzene rings is 1. The lowest BCUT2D eigenvalue weighted by molar-refractivity contribution is -0.145. The number of methoxy groups -OCH3 is 1. The molecule has 0 saturated carbocycles. The first-order valence-electron chi connectivity index (χ1n) is 7.37. The van der Waals surface area contributed by atoms with Gasteiger partial charge >= 0.3 is 5.97 Å². The molecule has 1 aromatic carbocycles. The summed E-state index contributed by atoms with van der Waals surface area (Å²) in [5.74, 6) is -0.151. The Labute approximate surface area is 125 Å². The summed E-state index contributed by atoms with van der Waals surface area (Å²) in [6.07, 6.45) is 2.59. The summed E-state index contributed by atoms with van der Waals surface area (Å²) in [6.45, 7) is 3.19. The Bertz CT molecular complexity index is 468. The highest BCUT2D eigenvalue weighted by molar-refractivity contribution is 5.80. The minimum absolute atomic E-state index is 0.105. The fourth-order valence-corrected chi connectivity index (χ4v) is 2.75. The van der Waals surface area contributed by atoms with Crippen molar-refractivity contribution in [1.82, 2.24) is 5.32 Å². The SMILES string of the molecule is CCC(NCC1CCCO1)(C(=O)O)c1ccc(OC)cc1. The molecule has 1 aliphatic heterocycles. The lowest BCUT2D eigenvalue weighted by Gasteiger charge is -2.31. The highest BCUT2D eigenvalue weighted by atomic mass is 16.5. The molecule has 0 aliphatic carbocycles. The third kappa shape index (κ3) is 3.36. The number of hydrogen-bond donors (Lipinski definition) is 2. The van der Waals surface area contributed by atoms with Crippen molar-refractivity contribution >= 4 is 5.97 Å². The maximum Gasteiger partial charge on any atom is 0.328 e. The molecule has 2 N–H and O–H groups in total. The largest absolute Gasteiger partial charge is 0.497 e. The quantitative estimate of drug-likeness (QED) is 0.806. The number of aliphatic carboxylic acids is 1. The summed E-state index contributed by atoms with van der Waals surface area (Å²) in [6, 6.07) is 7.19. The molecule has 21 heavy (non-hydrogen) atoms. The van der Waals surface area contributed by atoms with E-state index >= 15 is 0 Å². The molecule has 1 aliphatic rings. The van der Waals surface area contributed by atoms with Crippen LogP contribution in [0.2, 0.25) is 0 Å². The number of hydrogen-bond acceptors (Lipinski definition) is 4. The van der Waals surface area contributed by atoms with E-state index in [1.54, 1.807) is 31.4 Å². The van der Waals surface area contributed by atoms with Gasteiger partial charge in [-0.25, -0.2) is 4.79 Å². The molecule has 1 fully saturated rings. The molecule has 0 amide bonds. The fraction of sp³-hybridized carbons (Fsp3) is 0.562. The monoisotopic (exact) mass is 293 g/mol. The van der Waals surface area contributed by atoms with Crippen LogP contribution >= 0.6 is 0 Å². The maximum absolute atomic E-state index is 11.9. The van der Waals surface area contributed by atoms with Crippen molar-refractivity contribution in [3.8, 4) is 5.75 Å². The Hall–Kier alpha value is -1.59. The van der Waals surface area contributed by atoms with Crippen LogP contribution in [0, 0.1) is 0 Å². The Morgan fingerprint density at radius 1 is 1.48 bits per heavy atom. The number of ether oxygens (including phenoxy) is 2. The second-order valence-corrected chi connectivity index (χ2v) is 5.31. The van der Waals surface area contributed by atoms with Crippen LogP contribution in [0.25, 0.3) is 0 Å². The Kier molecular flexibility index (Phi) is 5.20. The molecule has 2 rings (SSSR count). The molecule has 2 atom stereocenters. The number of nitrogens with one attached hydrogen (secondary N) is 1. The molecular formula is C16H23NO4. The van der Waals surface area contributed by atoms with Gasteiger partial charge in [0.15, 0.2) is 0 Å². The van der Waals surface area contributed by atoms with Gasteiger partial charge in [-0.15, -0.1) is 0 Å². The van der Waals surface area contributed by atoms with Crippen molar-refractivity contribution in [2.45, 2.75) is 37.8 Å². The molecule has 5 nitrogen and oxygen atoms in total. The van der Waals surface area contributed by atoms with Crippen LogP contribution in [0.15, 0.2) is 24.3 Å². The van der Waals surface area contributed by atoms with Gasteiger partial charge in [-0.3, -0.25) is 5.32 Å². The first-order valence-corrected chi connectivity index (χ1v) is 7.37. The normalized spacial score (nSPS) is 21.0. The van der Waals surface area contributed by atoms with E-state index in [1.807, 2.05) is 6.92 Å². The molecule has 116 valence electrons. The topological polar surface area (TPSA) is 67.8 Å². The zero-order valence-corrected chi connectivity index (χ0v) is 12.6. The van der Waals surface area contributed by atoms with E-state index in [2.05, 4.69) is 5.32 Å². The van der Waals surface area contributed by atoms with E-state index in [1.165, 1.54) is 0 Å². The van der Waals surface area contributed by atoms with Gasteiger partial charge in [0.05, 0.1) is 13.2 Å². The second kappa shape index (κ2) is 6.91. The van der Waals surface area contributed by atoms with Crippen LogP contribution in [-0.4, -0.2) is 37.4 Å². The van der Waals surface area contributed by atoms with E-state index in [0.717, 1.165) is 25.0 Å². The van der Waals surface area contributed by atoms with Gasteiger partial charge in [0.25, 0.3) is 0 Å². The molecule has 5 heteroatoms. The third-order valence-corrected chi connectivity index (χ3v) is 4.13. The number of carboxylic acid groups (broad SMARTS) is 1. The molecule has 1 aromatic rings. The molecule has 0 bridgehead atoms. The van der Waals surface area contributed by atoms with Crippen LogP contribution in [0.3, 0.4) is 0 Å². The summed E-state index contributed by atoms with van der Waals surface area (Å²) < 4.78 is 10.7. The van der Waals surface area contributed by atoms with Gasteiger partial charge in [0, 0.05) is 13.2 Å². The van der Waals surface area contributed by atoms with Crippen LogP contribution in [0.5, 0.6) is 5.75 Å². The van der Waals surface area contributed by atoms with Crippen LogP contribution < -0.4 is 10.1 Å². The van der Waals surface area contributed by atoms with Gasteiger partial charge in [0.1, 0.15) is 11.3 Å². The van der Waals surface area contributed by atoms with Crippen LogP contribution in [-0.2, 0) is 15.1 Å². The summed E-state index contributed by atoms with van der Waals surface area (Å²) in [5.41, 5.74) is -0.352. The maximum atomic E-state index is 11.9. The summed E-state index contributed by atoms with van der Waals surface area (Å²) in [4.78, 5) is 11.9. The summed E-state index contributed by atoms with van der Waals surface area (Å²) in [7, 11) is 1.59. The minimum Gasteiger partial charge on any atom is -0.497 e. The summed E-state index contributed by atoms with van der Waals surface area (Å²) in [5, 5.41) is 13.0. The number of rotatable bonds is 7. The van der Waals surface area contributed by atoms with Gasteiger partial charge in [0.2, 0.25) is 0 Å². The van der Waals surface area contributed by atoms with E-state index in [0.29, 0.717) is 18.7 Å². The van der Waals surface area contributed by atoms with Crippen molar-refractivity contribution in [2.75, 3.05) is 20.3 Å². The van der Waals surface area contributed by atoms with Crippen molar-refractivity contribution in [3.63, 3.8) is 0 Å². The number of carbonyl (C=O) groups is 1. The van der Waals surface area contributed by atoms with Gasteiger partial charge in [-0.05, 0) is 37.0 Å². The molecular weight excluding hydrogens is 270 g/mol. The highest BCUT2D eigenvalue weighted by Gasteiger charge is 2.39. The zero-order chi connectivity index (χ0) is 15.3. The third-order valence-electron chi connectivity index (χ3n) is 4.13. The van der Waals surface area contributed by atoms with Gasteiger partial charge < -0.3 is 14.6 Å². The van der Waals surface area contributed by atoms with Crippen molar-refractivity contribution in [2.24, 2.45) is 0 Å². The first-order chi connectivity index (χ1) is 10.1. The van der Waals surface area contributed by atoms with E-state index in [-0.39, 0.29) is 6.10 Å². The van der Waals surface area contributed by atoms with Crippen molar-refractivity contribution < 1.29 is 19.4 Å². The smallest absolute Gasteiger partial charge is 0.328 e. The zero-order valence-electron chi connectivity index (χ0n) is 12.6. The average molecular weight is 293 g/mol. The molecule has 0 aromatic heterocycles. The molecule has 2 unspecified atom stereocenters. The number of carboxylic acids is 1. The Morgan fingerprint density at radius 2 is 2.19 bits per heavy atom. The van der Waals surface area contributed by atoms with E-state index in [9.17, 15) is 9.90 Å².